The number of ketones is 2. The van der Waals surface area contributed by atoms with E-state index in [4.69, 9.17) is 0 Å². The molecule has 4 heteroatoms. The quantitative estimate of drug-likeness (QED) is 0.775. The van der Waals surface area contributed by atoms with Gasteiger partial charge in [-0.15, -0.1) is 0 Å². The van der Waals surface area contributed by atoms with Crippen LogP contribution in [0.3, 0.4) is 0 Å². The standard InChI is InChI=1S/C19H35NO3/c1-12(2)16(20-15(22)11-18(4,5)6)14(21)10-13(3)17(23)19(7,8)9/h12-13,16H,10-11H2,1-9H3,(H,20,22)/t13-,16+/m1/s1. The molecule has 0 bridgehead atoms. The lowest BCUT2D eigenvalue weighted by atomic mass is 9.80. The molecule has 134 valence electrons. The van der Waals surface area contributed by atoms with Crippen LogP contribution in [0.1, 0.15) is 75.2 Å². The van der Waals surface area contributed by atoms with Crippen molar-refractivity contribution in [2.45, 2.75) is 81.2 Å². The van der Waals surface area contributed by atoms with Crippen molar-refractivity contribution in [1.29, 1.82) is 0 Å². The van der Waals surface area contributed by atoms with Gasteiger partial charge in [-0.05, 0) is 11.3 Å². The topological polar surface area (TPSA) is 63.2 Å². The van der Waals surface area contributed by atoms with Gasteiger partial charge in [0.25, 0.3) is 0 Å². The fraction of sp³-hybridized carbons (Fsp3) is 0.842. The Morgan fingerprint density at radius 3 is 1.74 bits per heavy atom. The van der Waals surface area contributed by atoms with Crippen LogP contribution in [0.2, 0.25) is 0 Å². The summed E-state index contributed by atoms with van der Waals surface area (Å²) >= 11 is 0. The SMILES string of the molecule is CC(C)[C@H](NC(=O)CC(C)(C)C)C(=O)C[C@@H](C)C(=O)C(C)(C)C. The van der Waals surface area contributed by atoms with Gasteiger partial charge in [-0.25, -0.2) is 0 Å². The Morgan fingerprint density at radius 1 is 0.913 bits per heavy atom. The molecule has 0 rings (SSSR count). The Labute approximate surface area is 141 Å². The summed E-state index contributed by atoms with van der Waals surface area (Å²) in [5, 5.41) is 2.86. The van der Waals surface area contributed by atoms with Crippen LogP contribution in [-0.2, 0) is 14.4 Å². The van der Waals surface area contributed by atoms with Crippen molar-refractivity contribution in [2.75, 3.05) is 0 Å². The third kappa shape index (κ3) is 8.29. The maximum atomic E-state index is 12.6. The maximum absolute atomic E-state index is 12.6. The first-order chi connectivity index (χ1) is 10.1. The first kappa shape index (κ1) is 21.8. The molecule has 23 heavy (non-hydrogen) atoms. The fourth-order valence-corrected chi connectivity index (χ4v) is 2.59. The predicted molar refractivity (Wildman–Crippen MR) is 94.1 cm³/mol. The first-order valence-electron chi connectivity index (χ1n) is 8.51. The van der Waals surface area contributed by atoms with Gasteiger partial charge in [0, 0.05) is 24.2 Å². The van der Waals surface area contributed by atoms with E-state index < -0.39 is 11.5 Å². The predicted octanol–water partition coefficient (Wildman–Crippen LogP) is 3.77. The van der Waals surface area contributed by atoms with Gasteiger partial charge in [0.05, 0.1) is 6.04 Å². The summed E-state index contributed by atoms with van der Waals surface area (Å²) in [6.45, 7) is 17.2. The number of carbonyl (C=O) groups is 3. The molecule has 0 aromatic rings. The zero-order chi connectivity index (χ0) is 18.6. The van der Waals surface area contributed by atoms with Gasteiger partial charge < -0.3 is 5.32 Å². The molecule has 0 aromatic carbocycles. The molecule has 1 N–H and O–H groups in total. The van der Waals surface area contributed by atoms with Gasteiger partial charge in [0.2, 0.25) is 5.91 Å². The van der Waals surface area contributed by atoms with Gasteiger partial charge in [-0.3, -0.25) is 14.4 Å². The number of hydrogen-bond acceptors (Lipinski definition) is 3. The number of rotatable bonds is 7. The maximum Gasteiger partial charge on any atom is 0.221 e. The second kappa shape index (κ2) is 8.07. The molecule has 0 saturated heterocycles. The van der Waals surface area contributed by atoms with E-state index >= 15 is 0 Å². The van der Waals surface area contributed by atoms with Crippen molar-refractivity contribution in [3.63, 3.8) is 0 Å². The summed E-state index contributed by atoms with van der Waals surface area (Å²) in [6.07, 6.45) is 0.550. The van der Waals surface area contributed by atoms with Crippen LogP contribution in [0, 0.1) is 22.7 Å². The van der Waals surface area contributed by atoms with Crippen LogP contribution in [0.4, 0.5) is 0 Å². The van der Waals surface area contributed by atoms with Crippen LogP contribution in [0.15, 0.2) is 0 Å². The average molecular weight is 325 g/mol. The van der Waals surface area contributed by atoms with Gasteiger partial charge >= 0.3 is 0 Å². The highest BCUT2D eigenvalue weighted by Crippen LogP contribution is 2.23. The molecule has 0 aliphatic carbocycles. The third-order valence-electron chi connectivity index (χ3n) is 3.72. The molecule has 0 heterocycles. The van der Waals surface area contributed by atoms with Crippen molar-refractivity contribution >= 4 is 17.5 Å². The lowest BCUT2D eigenvalue weighted by molar-refractivity contribution is -0.134. The van der Waals surface area contributed by atoms with Crippen LogP contribution in [0.25, 0.3) is 0 Å². The van der Waals surface area contributed by atoms with E-state index in [9.17, 15) is 14.4 Å². The highest BCUT2D eigenvalue weighted by atomic mass is 16.2. The van der Waals surface area contributed by atoms with Crippen molar-refractivity contribution < 1.29 is 14.4 Å². The van der Waals surface area contributed by atoms with Gasteiger partial charge in [-0.1, -0.05) is 62.3 Å². The van der Waals surface area contributed by atoms with Crippen molar-refractivity contribution in [3.8, 4) is 0 Å². The minimum Gasteiger partial charge on any atom is -0.346 e. The highest BCUT2D eigenvalue weighted by molar-refractivity contribution is 5.94. The third-order valence-corrected chi connectivity index (χ3v) is 3.72. The smallest absolute Gasteiger partial charge is 0.221 e. The van der Waals surface area contributed by atoms with E-state index in [0.717, 1.165) is 0 Å². The molecular formula is C19H35NO3. The van der Waals surface area contributed by atoms with Gasteiger partial charge in [0.1, 0.15) is 5.78 Å². The molecule has 0 aliphatic rings. The molecule has 1 amide bonds. The van der Waals surface area contributed by atoms with Crippen LogP contribution in [-0.4, -0.2) is 23.5 Å². The summed E-state index contributed by atoms with van der Waals surface area (Å²) < 4.78 is 0. The summed E-state index contributed by atoms with van der Waals surface area (Å²) in [7, 11) is 0. The lowest BCUT2D eigenvalue weighted by Gasteiger charge is -2.26. The largest absolute Gasteiger partial charge is 0.346 e. The Morgan fingerprint density at radius 2 is 1.39 bits per heavy atom. The molecule has 0 aliphatic heterocycles. The van der Waals surface area contributed by atoms with E-state index in [1.807, 2.05) is 55.4 Å². The molecular weight excluding hydrogens is 290 g/mol. The minimum absolute atomic E-state index is 0.00311. The van der Waals surface area contributed by atoms with E-state index in [1.54, 1.807) is 6.92 Å². The summed E-state index contributed by atoms with van der Waals surface area (Å²) in [6, 6.07) is -0.528. The molecule has 0 fully saturated rings. The van der Waals surface area contributed by atoms with Gasteiger partial charge in [0.15, 0.2) is 5.78 Å². The number of nitrogens with one attached hydrogen (secondary N) is 1. The zero-order valence-electron chi connectivity index (χ0n) is 16.4. The Hall–Kier alpha value is -1.19. The summed E-state index contributed by atoms with van der Waals surface area (Å²) in [5.41, 5.74) is -0.577. The molecule has 2 atom stereocenters. The zero-order valence-corrected chi connectivity index (χ0v) is 16.4. The van der Waals surface area contributed by atoms with Gasteiger partial charge in [-0.2, -0.15) is 0 Å². The van der Waals surface area contributed by atoms with Crippen LogP contribution < -0.4 is 5.32 Å². The average Bonchev–Trinajstić information content (AvgIpc) is 2.30. The number of Topliss-reactive ketones (excluding diaryl/α,β-unsaturated/α-hetero) is 2. The monoisotopic (exact) mass is 325 g/mol. The van der Waals surface area contributed by atoms with E-state index in [1.165, 1.54) is 0 Å². The first-order valence-corrected chi connectivity index (χ1v) is 8.51. The van der Waals surface area contributed by atoms with Crippen LogP contribution >= 0.6 is 0 Å². The summed E-state index contributed by atoms with van der Waals surface area (Å²) in [4.78, 5) is 37.0. The van der Waals surface area contributed by atoms with Crippen molar-refractivity contribution in [2.24, 2.45) is 22.7 Å². The van der Waals surface area contributed by atoms with Crippen molar-refractivity contribution in [3.05, 3.63) is 0 Å². The number of amides is 1. The summed E-state index contributed by atoms with van der Waals surface area (Å²) in [5.74, 6) is -0.423. The second-order valence-corrected chi connectivity index (χ2v) is 9.21. The van der Waals surface area contributed by atoms with Crippen molar-refractivity contribution in [1.82, 2.24) is 5.32 Å². The molecule has 4 nitrogen and oxygen atoms in total. The Balaban J connectivity index is 4.88. The molecule has 0 radical (unpaired) electrons. The molecule has 0 unspecified atom stereocenters. The molecule has 0 saturated carbocycles. The van der Waals surface area contributed by atoms with E-state index in [-0.39, 0.29) is 41.1 Å². The molecule has 0 aromatic heterocycles. The van der Waals surface area contributed by atoms with E-state index in [0.29, 0.717) is 6.42 Å². The highest BCUT2D eigenvalue weighted by Gasteiger charge is 2.32. The lowest BCUT2D eigenvalue weighted by Crippen LogP contribution is -2.46. The minimum atomic E-state index is -0.528. The normalized spacial score (nSPS) is 15.2. The Kier molecular flexibility index (Phi) is 7.65. The number of hydrogen-bond donors (Lipinski definition) is 1. The van der Waals surface area contributed by atoms with Crippen LogP contribution in [0.5, 0.6) is 0 Å². The second-order valence-electron chi connectivity index (χ2n) is 9.21. The Bertz CT molecular complexity index is 439. The fourth-order valence-electron chi connectivity index (χ4n) is 2.59. The molecule has 0 spiro atoms. The van der Waals surface area contributed by atoms with E-state index in [2.05, 4.69) is 5.32 Å². The number of carbonyl (C=O) groups excluding carboxylic acids is 3.